The summed E-state index contributed by atoms with van der Waals surface area (Å²) in [6.07, 6.45) is -0.186. The van der Waals surface area contributed by atoms with Crippen molar-refractivity contribution in [1.29, 1.82) is 0 Å². The monoisotopic (exact) mass is 634 g/mol. The predicted octanol–water partition coefficient (Wildman–Crippen LogP) is 5.02. The lowest BCUT2D eigenvalue weighted by Crippen LogP contribution is -2.57. The van der Waals surface area contributed by atoms with Crippen molar-refractivity contribution in [2.75, 3.05) is 39.5 Å². The number of ether oxygens (including phenoxy) is 3. The first-order chi connectivity index (χ1) is 20.5. The summed E-state index contributed by atoms with van der Waals surface area (Å²) in [5, 5.41) is 14.8. The number of hydrogen-bond acceptors (Lipinski definition) is 8. The number of morpholine rings is 1. The first-order valence-corrected chi connectivity index (χ1v) is 14.4. The normalized spacial score (nSPS) is 20.2. The van der Waals surface area contributed by atoms with Crippen molar-refractivity contribution in [3.05, 3.63) is 104 Å². The Bertz CT molecular complexity index is 1470. The predicted molar refractivity (Wildman–Crippen MR) is 160 cm³/mol. The molecule has 2 aliphatic heterocycles. The molecular weight excluding hydrogens is 604 g/mol. The molecule has 0 saturated carbocycles. The van der Waals surface area contributed by atoms with Gasteiger partial charge in [0, 0.05) is 58.7 Å². The van der Waals surface area contributed by atoms with Crippen molar-refractivity contribution in [1.82, 2.24) is 10.4 Å². The average molecular weight is 636 g/mol. The summed E-state index contributed by atoms with van der Waals surface area (Å²) in [5.41, 5.74) is 13.3. The van der Waals surface area contributed by atoms with E-state index in [4.69, 9.17) is 24.3 Å². The van der Waals surface area contributed by atoms with Gasteiger partial charge >= 0.3 is 0 Å². The van der Waals surface area contributed by atoms with Crippen LogP contribution in [0.4, 0.5) is 5.69 Å². The molecule has 0 aromatic heterocycles. The van der Waals surface area contributed by atoms with E-state index in [0.29, 0.717) is 61.9 Å². The molecule has 3 aromatic carbocycles. The zero-order valence-electron chi connectivity index (χ0n) is 22.9. The zero-order valence-corrected chi connectivity index (χ0v) is 24.4. The van der Waals surface area contributed by atoms with Crippen LogP contribution in [0.5, 0.6) is 5.75 Å². The molecule has 2 atom stereocenters. The summed E-state index contributed by atoms with van der Waals surface area (Å²) in [4.78, 5) is 22.5. The molecule has 12 heteroatoms. The van der Waals surface area contributed by atoms with E-state index in [1.807, 2.05) is 47.5 Å². The number of nitrogens with zero attached hydrogens (tertiary/aromatic N) is 5. The minimum Gasteiger partial charge on any atom is -0.494 e. The molecule has 5 rings (SSSR count). The Balaban J connectivity index is 1.61. The molecular formula is C30H31BrN6O5. The van der Waals surface area contributed by atoms with Crippen molar-refractivity contribution < 1.29 is 24.1 Å². The number of benzene rings is 3. The summed E-state index contributed by atoms with van der Waals surface area (Å²) in [5.74, 6) is 0.572. The second kappa shape index (κ2) is 13.8. The summed E-state index contributed by atoms with van der Waals surface area (Å²) in [6.45, 7) is 2.50. The quantitative estimate of drug-likeness (QED) is 0.131. The minimum absolute atomic E-state index is 0.0492. The summed E-state index contributed by atoms with van der Waals surface area (Å²) in [7, 11) is 0. The number of hydrogen-bond donors (Lipinski definition) is 2. The van der Waals surface area contributed by atoms with Gasteiger partial charge in [0.15, 0.2) is 11.6 Å². The molecule has 1 amide bonds. The number of nitrogens with one attached hydrogen (secondary N) is 1. The van der Waals surface area contributed by atoms with E-state index >= 15 is 0 Å². The lowest BCUT2D eigenvalue weighted by molar-refractivity contribution is -0.136. The summed E-state index contributed by atoms with van der Waals surface area (Å²) >= 11 is 3.64. The van der Waals surface area contributed by atoms with Crippen LogP contribution in [0.3, 0.4) is 0 Å². The van der Waals surface area contributed by atoms with Crippen molar-refractivity contribution >= 4 is 33.4 Å². The molecule has 0 bridgehead atoms. The minimum atomic E-state index is -1.46. The Morgan fingerprint density at radius 3 is 2.62 bits per heavy atom. The number of hydrazine groups is 1. The topological polar surface area (TPSA) is 141 Å². The molecule has 42 heavy (non-hydrogen) atoms. The van der Waals surface area contributed by atoms with Gasteiger partial charge in [-0.1, -0.05) is 63.5 Å². The van der Waals surface area contributed by atoms with E-state index in [1.54, 1.807) is 30.3 Å². The Labute approximate surface area is 251 Å². The van der Waals surface area contributed by atoms with Crippen molar-refractivity contribution in [3.63, 3.8) is 0 Å². The maximum atomic E-state index is 14.4. The number of aliphatic hydroxyl groups is 1. The van der Waals surface area contributed by atoms with Crippen LogP contribution < -0.4 is 10.2 Å². The van der Waals surface area contributed by atoms with Crippen LogP contribution in [0.1, 0.15) is 29.2 Å². The Morgan fingerprint density at radius 2 is 1.88 bits per heavy atom. The van der Waals surface area contributed by atoms with Crippen molar-refractivity contribution in [2.24, 2.45) is 10.1 Å². The molecule has 2 N–H and O–H groups in total. The number of carbonyl (C=O) groups is 1. The maximum absolute atomic E-state index is 14.4. The third-order valence-electron chi connectivity index (χ3n) is 7.09. The molecule has 0 aliphatic carbocycles. The van der Waals surface area contributed by atoms with Crippen molar-refractivity contribution in [2.45, 2.75) is 24.5 Å². The van der Waals surface area contributed by atoms with Crippen LogP contribution in [0.2, 0.25) is 0 Å². The number of halogens is 1. The smallest absolute Gasteiger partial charge is 0.266 e. The second-order valence-corrected chi connectivity index (χ2v) is 10.7. The van der Waals surface area contributed by atoms with Crippen molar-refractivity contribution in [3.8, 4) is 5.75 Å². The Hall–Kier alpha value is -3.93. The number of aliphatic imine (C=N–C) groups is 1. The molecule has 0 spiro atoms. The highest BCUT2D eigenvalue weighted by Gasteiger charge is 2.54. The SMILES string of the molecule is [N-]=[N+]=Nc1ccccc1[C@@H]1OC(c2ccc(OCCCO)cc2)=N[C@]1(Cc1ccccc1Br)C(=O)NN1CCOCC1. The Kier molecular flexibility index (Phi) is 9.73. The first kappa shape index (κ1) is 29.6. The van der Waals surface area contributed by atoms with Gasteiger partial charge in [0.1, 0.15) is 5.75 Å². The number of amides is 1. The van der Waals surface area contributed by atoms with Crippen LogP contribution in [-0.4, -0.2) is 67.0 Å². The van der Waals surface area contributed by atoms with Crippen LogP contribution in [-0.2, 0) is 20.7 Å². The number of carbonyl (C=O) groups excluding carboxylic acids is 1. The average Bonchev–Trinajstić information content (AvgIpc) is 3.40. The van der Waals surface area contributed by atoms with Gasteiger partial charge in [-0.05, 0) is 41.4 Å². The fourth-order valence-electron chi connectivity index (χ4n) is 4.96. The molecule has 2 heterocycles. The molecule has 11 nitrogen and oxygen atoms in total. The highest BCUT2D eigenvalue weighted by molar-refractivity contribution is 9.10. The van der Waals surface area contributed by atoms with E-state index in [9.17, 15) is 10.3 Å². The van der Waals surface area contributed by atoms with Gasteiger partial charge in [0.2, 0.25) is 5.90 Å². The lowest BCUT2D eigenvalue weighted by atomic mass is 9.81. The van der Waals surface area contributed by atoms with E-state index in [1.165, 1.54) is 0 Å². The summed E-state index contributed by atoms with van der Waals surface area (Å²) < 4.78 is 18.6. The molecule has 3 aromatic rings. The third-order valence-corrected chi connectivity index (χ3v) is 7.86. The molecule has 2 aliphatic rings. The maximum Gasteiger partial charge on any atom is 0.266 e. The van der Waals surface area contributed by atoms with Gasteiger partial charge < -0.3 is 19.3 Å². The van der Waals surface area contributed by atoms with Gasteiger partial charge in [-0.2, -0.15) is 0 Å². The second-order valence-electron chi connectivity index (χ2n) is 9.85. The molecule has 0 radical (unpaired) electrons. The fraction of sp³-hybridized carbons (Fsp3) is 0.333. The van der Waals surface area contributed by atoms with E-state index in [-0.39, 0.29) is 24.8 Å². The standard InChI is InChI=1S/C30H31BrN6O5/c31-25-8-3-1-6-22(25)20-30(29(39)35-37-14-18-40-19-15-37)27(24-7-2-4-9-26(24)34-36-32)42-28(33-30)21-10-12-23(13-11-21)41-17-5-16-38/h1-4,6-13,27,38H,5,14-20H2,(H,35,39)/t27-,30-/m0/s1. The molecule has 1 saturated heterocycles. The van der Waals surface area contributed by atoms with Crippen LogP contribution in [0, 0.1) is 0 Å². The third kappa shape index (κ3) is 6.59. The highest BCUT2D eigenvalue weighted by atomic mass is 79.9. The van der Waals surface area contributed by atoms with E-state index in [2.05, 4.69) is 31.4 Å². The van der Waals surface area contributed by atoms with E-state index < -0.39 is 11.6 Å². The molecule has 218 valence electrons. The molecule has 0 unspecified atom stereocenters. The lowest BCUT2D eigenvalue weighted by Gasteiger charge is -2.35. The largest absolute Gasteiger partial charge is 0.494 e. The molecule has 1 fully saturated rings. The Morgan fingerprint density at radius 1 is 1.14 bits per heavy atom. The van der Waals surface area contributed by atoms with Crippen LogP contribution in [0.25, 0.3) is 10.4 Å². The van der Waals surface area contributed by atoms with Gasteiger partial charge in [-0.15, -0.1) is 0 Å². The van der Waals surface area contributed by atoms with Gasteiger partial charge in [-0.25, -0.2) is 10.0 Å². The number of rotatable bonds is 11. The van der Waals surface area contributed by atoms with Gasteiger partial charge in [-0.3, -0.25) is 10.2 Å². The first-order valence-electron chi connectivity index (χ1n) is 13.7. The van der Waals surface area contributed by atoms with Gasteiger partial charge in [0.05, 0.1) is 19.8 Å². The fourth-order valence-corrected chi connectivity index (χ4v) is 5.38. The number of azide groups is 1. The highest BCUT2D eigenvalue weighted by Crippen LogP contribution is 2.46. The van der Waals surface area contributed by atoms with Crippen LogP contribution >= 0.6 is 15.9 Å². The van der Waals surface area contributed by atoms with Crippen LogP contribution in [0.15, 0.2) is 87.4 Å². The summed E-state index contributed by atoms with van der Waals surface area (Å²) in [6, 6.07) is 22.0. The number of aliphatic hydroxyl groups excluding tert-OH is 1. The van der Waals surface area contributed by atoms with Gasteiger partial charge in [0.25, 0.3) is 5.91 Å². The zero-order chi connectivity index (χ0) is 29.4. The van der Waals surface area contributed by atoms with E-state index in [0.717, 1.165) is 10.0 Å².